The molecule has 6 nitrogen and oxygen atoms in total. The van der Waals surface area contributed by atoms with Crippen LogP contribution >= 0.6 is 0 Å². The molecule has 1 amide bonds. The minimum absolute atomic E-state index is 0.0121. The van der Waals surface area contributed by atoms with Gasteiger partial charge in [0.15, 0.2) is 0 Å². The summed E-state index contributed by atoms with van der Waals surface area (Å²) < 4.78 is 0. The van der Waals surface area contributed by atoms with Crippen molar-refractivity contribution in [3.05, 3.63) is 100 Å². The molecule has 3 aromatic rings. The van der Waals surface area contributed by atoms with E-state index < -0.39 is 4.92 Å². The minimum atomic E-state index is -0.436. The van der Waals surface area contributed by atoms with Gasteiger partial charge in [0.2, 0.25) is 5.91 Å². The number of rotatable bonds is 5. The number of para-hydroxylation sites is 2. The van der Waals surface area contributed by atoms with Crippen LogP contribution in [0.3, 0.4) is 0 Å². The van der Waals surface area contributed by atoms with Gasteiger partial charge in [-0.05, 0) is 42.7 Å². The van der Waals surface area contributed by atoms with E-state index in [2.05, 4.69) is 18.3 Å². The number of hydrogen-bond donors (Lipinski definition) is 1. The van der Waals surface area contributed by atoms with Crippen LogP contribution in [-0.2, 0) is 11.2 Å². The lowest BCUT2D eigenvalue weighted by Crippen LogP contribution is -2.45. The molecule has 0 aliphatic carbocycles. The van der Waals surface area contributed by atoms with Crippen LogP contribution < -0.4 is 10.2 Å². The first-order valence-corrected chi connectivity index (χ1v) is 9.99. The summed E-state index contributed by atoms with van der Waals surface area (Å²) in [6.45, 7) is 2.06. The van der Waals surface area contributed by atoms with Crippen molar-refractivity contribution in [1.82, 2.24) is 0 Å². The highest BCUT2D eigenvalue weighted by molar-refractivity contribution is 5.96. The summed E-state index contributed by atoms with van der Waals surface area (Å²) in [4.78, 5) is 25.5. The average Bonchev–Trinajstić information content (AvgIpc) is 2.75. The second kappa shape index (κ2) is 8.37. The van der Waals surface area contributed by atoms with E-state index in [4.69, 9.17) is 0 Å². The third kappa shape index (κ3) is 4.03. The van der Waals surface area contributed by atoms with Gasteiger partial charge in [-0.15, -0.1) is 0 Å². The Kier molecular flexibility index (Phi) is 5.48. The highest BCUT2D eigenvalue weighted by atomic mass is 16.6. The van der Waals surface area contributed by atoms with Gasteiger partial charge >= 0.3 is 0 Å². The third-order valence-electron chi connectivity index (χ3n) is 5.48. The monoisotopic (exact) mass is 401 g/mol. The highest BCUT2D eigenvalue weighted by Gasteiger charge is 2.33. The molecule has 0 fully saturated rings. The van der Waals surface area contributed by atoms with Gasteiger partial charge in [0.05, 0.1) is 17.4 Å². The van der Waals surface area contributed by atoms with Crippen molar-refractivity contribution >= 4 is 23.0 Å². The van der Waals surface area contributed by atoms with Crippen LogP contribution in [0.15, 0.2) is 78.9 Å². The van der Waals surface area contributed by atoms with Crippen molar-refractivity contribution < 1.29 is 9.72 Å². The van der Waals surface area contributed by atoms with Crippen LogP contribution in [0.5, 0.6) is 0 Å². The first-order valence-electron chi connectivity index (χ1n) is 9.99. The van der Waals surface area contributed by atoms with Crippen molar-refractivity contribution in [1.29, 1.82) is 0 Å². The quantitative estimate of drug-likeness (QED) is 0.476. The summed E-state index contributed by atoms with van der Waals surface area (Å²) in [6, 6.07) is 24.4. The fraction of sp³-hybridized carbons (Fsp3) is 0.208. The minimum Gasteiger partial charge on any atom is -0.378 e. The molecule has 0 spiro atoms. The summed E-state index contributed by atoms with van der Waals surface area (Å²) >= 11 is 0. The number of carbonyl (C=O) groups excluding carboxylic acids is 1. The molecule has 0 bridgehead atoms. The lowest BCUT2D eigenvalue weighted by Gasteiger charge is -2.40. The van der Waals surface area contributed by atoms with Crippen LogP contribution in [0, 0.1) is 10.1 Å². The Bertz CT molecular complexity index is 1050. The van der Waals surface area contributed by atoms with Gasteiger partial charge < -0.3 is 10.2 Å². The maximum atomic E-state index is 13.2. The standard InChI is InChI=1S/C24H23N3O3/c1-17-15-22(25-19-7-3-2-4-8-19)21-9-5-6-10-23(21)26(17)24(28)16-18-11-13-20(14-12-18)27(29)30/h2-14,17,22,25H,15-16H2,1H3/t17-,22-/m1/s1. The fourth-order valence-electron chi connectivity index (χ4n) is 4.06. The molecule has 1 aliphatic heterocycles. The van der Waals surface area contributed by atoms with Gasteiger partial charge in [-0.1, -0.05) is 48.5 Å². The molecular weight excluding hydrogens is 378 g/mol. The van der Waals surface area contributed by atoms with E-state index >= 15 is 0 Å². The van der Waals surface area contributed by atoms with Gasteiger partial charge in [0.1, 0.15) is 0 Å². The van der Waals surface area contributed by atoms with E-state index in [0.717, 1.165) is 28.9 Å². The predicted molar refractivity (Wildman–Crippen MR) is 118 cm³/mol. The number of hydrogen-bond acceptors (Lipinski definition) is 4. The number of nitro groups is 1. The molecule has 6 heteroatoms. The first-order chi connectivity index (χ1) is 14.5. The molecule has 2 atom stereocenters. The first kappa shape index (κ1) is 19.6. The normalized spacial score (nSPS) is 17.8. The molecule has 152 valence electrons. The van der Waals surface area contributed by atoms with E-state index in [1.807, 2.05) is 53.4 Å². The van der Waals surface area contributed by atoms with Gasteiger partial charge in [-0.2, -0.15) is 0 Å². The summed E-state index contributed by atoms with van der Waals surface area (Å²) in [5.41, 5.74) is 3.85. The van der Waals surface area contributed by atoms with E-state index in [0.29, 0.717) is 0 Å². The molecule has 1 N–H and O–H groups in total. The number of non-ortho nitro benzene ring substituents is 1. The zero-order valence-corrected chi connectivity index (χ0v) is 16.7. The van der Waals surface area contributed by atoms with Gasteiger partial charge in [0, 0.05) is 29.5 Å². The molecule has 0 aromatic heterocycles. The van der Waals surface area contributed by atoms with Crippen LogP contribution in [0.4, 0.5) is 17.1 Å². The van der Waals surface area contributed by atoms with Gasteiger partial charge in [0.25, 0.3) is 5.69 Å². The molecule has 4 rings (SSSR count). The lowest BCUT2D eigenvalue weighted by molar-refractivity contribution is -0.384. The number of nitrogens with zero attached hydrogens (tertiary/aromatic N) is 2. The van der Waals surface area contributed by atoms with Crippen molar-refractivity contribution in [2.45, 2.75) is 31.8 Å². The van der Waals surface area contributed by atoms with Crippen LogP contribution in [0.2, 0.25) is 0 Å². The Morgan fingerprint density at radius 3 is 2.40 bits per heavy atom. The SMILES string of the molecule is C[C@@H]1C[C@@H](Nc2ccccc2)c2ccccc2N1C(=O)Cc1ccc([N+](=O)[O-])cc1. The summed E-state index contributed by atoms with van der Waals surface area (Å²) in [7, 11) is 0. The van der Waals surface area contributed by atoms with Gasteiger partial charge in [-0.25, -0.2) is 0 Å². The number of amides is 1. The zero-order chi connectivity index (χ0) is 21.1. The molecule has 3 aromatic carbocycles. The van der Waals surface area contributed by atoms with Crippen LogP contribution in [0.1, 0.15) is 30.5 Å². The predicted octanol–water partition coefficient (Wildman–Crippen LogP) is 5.12. The van der Waals surface area contributed by atoms with Gasteiger partial charge in [-0.3, -0.25) is 14.9 Å². The van der Waals surface area contributed by atoms with E-state index in [1.54, 1.807) is 12.1 Å². The van der Waals surface area contributed by atoms with Crippen LogP contribution in [0.25, 0.3) is 0 Å². The Morgan fingerprint density at radius 1 is 1.03 bits per heavy atom. The number of nitrogens with one attached hydrogen (secondary N) is 1. The smallest absolute Gasteiger partial charge is 0.269 e. The third-order valence-corrected chi connectivity index (χ3v) is 5.48. The molecule has 1 heterocycles. The number of carbonyl (C=O) groups is 1. The second-order valence-electron chi connectivity index (χ2n) is 7.57. The van der Waals surface area contributed by atoms with Crippen molar-refractivity contribution in [3.8, 4) is 0 Å². The summed E-state index contributed by atoms with van der Waals surface area (Å²) in [6.07, 6.45) is 0.991. The number of anilines is 2. The van der Waals surface area contributed by atoms with Crippen molar-refractivity contribution in [2.75, 3.05) is 10.2 Å². The van der Waals surface area contributed by atoms with Crippen LogP contribution in [-0.4, -0.2) is 16.9 Å². The summed E-state index contributed by atoms with van der Waals surface area (Å²) in [5.74, 6) is -0.0121. The Hall–Kier alpha value is -3.67. The average molecular weight is 401 g/mol. The Morgan fingerprint density at radius 2 is 1.70 bits per heavy atom. The van der Waals surface area contributed by atoms with Crippen molar-refractivity contribution in [3.63, 3.8) is 0 Å². The largest absolute Gasteiger partial charge is 0.378 e. The molecule has 0 saturated heterocycles. The molecule has 0 radical (unpaired) electrons. The maximum Gasteiger partial charge on any atom is 0.269 e. The van der Waals surface area contributed by atoms with E-state index in [-0.39, 0.29) is 30.1 Å². The second-order valence-corrected chi connectivity index (χ2v) is 7.57. The summed E-state index contributed by atoms with van der Waals surface area (Å²) in [5, 5.41) is 14.4. The van der Waals surface area contributed by atoms with E-state index in [9.17, 15) is 14.9 Å². The molecule has 0 unspecified atom stereocenters. The fourth-order valence-corrected chi connectivity index (χ4v) is 4.06. The van der Waals surface area contributed by atoms with Crippen molar-refractivity contribution in [2.24, 2.45) is 0 Å². The zero-order valence-electron chi connectivity index (χ0n) is 16.7. The maximum absolute atomic E-state index is 13.2. The lowest BCUT2D eigenvalue weighted by atomic mass is 9.91. The highest BCUT2D eigenvalue weighted by Crippen LogP contribution is 2.39. The Balaban J connectivity index is 1.57. The molecular formula is C24H23N3O3. The molecule has 1 aliphatic rings. The number of benzene rings is 3. The number of nitro benzene ring substituents is 1. The molecule has 0 saturated carbocycles. The van der Waals surface area contributed by atoms with E-state index in [1.165, 1.54) is 12.1 Å². The topological polar surface area (TPSA) is 75.5 Å². The number of fused-ring (bicyclic) bond motifs is 1. The molecule has 30 heavy (non-hydrogen) atoms. The Labute approximate surface area is 175 Å².